The molecule has 0 radical (unpaired) electrons. The van der Waals surface area contributed by atoms with Crippen LogP contribution in [0.4, 0.5) is 10.1 Å². The first-order chi connectivity index (χ1) is 11.6. The van der Waals surface area contributed by atoms with E-state index in [1.54, 1.807) is 6.07 Å². The Morgan fingerprint density at radius 1 is 1.21 bits per heavy atom. The first-order valence-electron chi connectivity index (χ1n) is 8.04. The number of nitrogens with zero attached hydrogens (tertiary/aromatic N) is 2. The van der Waals surface area contributed by atoms with Crippen molar-refractivity contribution in [3.8, 4) is 0 Å². The van der Waals surface area contributed by atoms with E-state index in [0.717, 1.165) is 30.6 Å². The normalized spacial score (nSPS) is 23.0. The molecule has 3 rings (SSSR count). The highest BCUT2D eigenvalue weighted by molar-refractivity contribution is 7.80. The fourth-order valence-corrected chi connectivity index (χ4v) is 3.31. The van der Waals surface area contributed by atoms with Gasteiger partial charge in [0.15, 0.2) is 11.0 Å². The predicted molar refractivity (Wildman–Crippen MR) is 93.5 cm³/mol. The first kappa shape index (κ1) is 16.7. The quantitative estimate of drug-likeness (QED) is 0.519. The number of amides is 2. The van der Waals surface area contributed by atoms with E-state index >= 15 is 0 Å². The van der Waals surface area contributed by atoms with Crippen molar-refractivity contribution in [3.63, 3.8) is 0 Å². The minimum Gasteiger partial charge on any atom is -0.301 e. The zero-order valence-corrected chi connectivity index (χ0v) is 13.9. The Kier molecular flexibility index (Phi) is 4.99. The van der Waals surface area contributed by atoms with E-state index in [2.05, 4.69) is 10.3 Å². The Balaban J connectivity index is 1.83. The lowest BCUT2D eigenvalue weighted by molar-refractivity contribution is -0.130. The Labute approximate surface area is 144 Å². The molecule has 126 valence electrons. The second-order valence-electron chi connectivity index (χ2n) is 5.99. The maximum Gasteiger partial charge on any atom is 0.251 e. The maximum absolute atomic E-state index is 14.0. The van der Waals surface area contributed by atoms with Crippen LogP contribution in [-0.2, 0) is 9.59 Å². The van der Waals surface area contributed by atoms with Crippen LogP contribution in [0.25, 0.3) is 0 Å². The lowest BCUT2D eigenvalue weighted by Gasteiger charge is -2.31. The summed E-state index contributed by atoms with van der Waals surface area (Å²) in [4.78, 5) is 30.3. The second-order valence-corrected chi connectivity index (χ2v) is 6.37. The zero-order chi connectivity index (χ0) is 17.1. The molecule has 1 aromatic carbocycles. The summed E-state index contributed by atoms with van der Waals surface area (Å²) in [5, 5.41) is 2.35. The molecule has 1 N–H and O–H groups in total. The monoisotopic (exact) mass is 347 g/mol. The minimum absolute atomic E-state index is 0.0311. The summed E-state index contributed by atoms with van der Waals surface area (Å²) < 4.78 is 14.0. The van der Waals surface area contributed by atoms with E-state index in [-0.39, 0.29) is 16.8 Å². The molecular weight excluding hydrogens is 329 g/mol. The molecule has 2 aliphatic rings. The Morgan fingerprint density at radius 3 is 2.62 bits per heavy atom. The highest BCUT2D eigenvalue weighted by atomic mass is 32.1. The average Bonchev–Trinajstić information content (AvgIpc) is 2.57. The number of anilines is 1. The van der Waals surface area contributed by atoms with Crippen LogP contribution in [-0.4, -0.2) is 29.2 Å². The van der Waals surface area contributed by atoms with Crippen molar-refractivity contribution in [1.29, 1.82) is 0 Å². The summed E-state index contributed by atoms with van der Waals surface area (Å²) >= 11 is 5.05. The fraction of sp³-hybridized carbons (Fsp3) is 0.412. The van der Waals surface area contributed by atoms with Crippen molar-refractivity contribution in [3.05, 3.63) is 30.1 Å². The van der Waals surface area contributed by atoms with Gasteiger partial charge in [0.25, 0.3) is 5.91 Å². The van der Waals surface area contributed by atoms with E-state index < -0.39 is 23.5 Å². The van der Waals surface area contributed by atoms with Crippen molar-refractivity contribution in [1.82, 2.24) is 5.32 Å². The number of nitrogens with one attached hydrogen (secondary N) is 1. The molecule has 0 unspecified atom stereocenters. The third-order valence-electron chi connectivity index (χ3n) is 4.32. The molecule has 5 nitrogen and oxygen atoms in total. The van der Waals surface area contributed by atoms with E-state index in [1.165, 1.54) is 30.8 Å². The van der Waals surface area contributed by atoms with Gasteiger partial charge >= 0.3 is 0 Å². The number of benzene rings is 1. The molecule has 0 bridgehead atoms. The predicted octanol–water partition coefficient (Wildman–Crippen LogP) is 2.59. The second kappa shape index (κ2) is 7.17. The third-order valence-corrected chi connectivity index (χ3v) is 4.60. The number of para-hydroxylation sites is 1. The van der Waals surface area contributed by atoms with Crippen LogP contribution in [0.15, 0.2) is 29.3 Å². The smallest absolute Gasteiger partial charge is 0.251 e. The number of aliphatic imine (C=N–C) groups is 1. The van der Waals surface area contributed by atoms with Gasteiger partial charge in [0, 0.05) is 12.3 Å². The SMILES string of the molecule is O=C1NC(=S)N(c2ccccc2F)C(=O)[C@@H]1C=NC1CCCCC1. The molecule has 2 amide bonds. The van der Waals surface area contributed by atoms with Crippen molar-refractivity contribution in [2.45, 2.75) is 38.1 Å². The number of rotatable bonds is 3. The molecule has 24 heavy (non-hydrogen) atoms. The molecule has 0 spiro atoms. The molecule has 7 heteroatoms. The van der Waals surface area contributed by atoms with Crippen molar-refractivity contribution >= 4 is 41.0 Å². The van der Waals surface area contributed by atoms with Gasteiger partial charge in [-0.1, -0.05) is 31.4 Å². The number of carbonyl (C=O) groups is 2. The molecule has 1 aromatic rings. The van der Waals surface area contributed by atoms with Gasteiger partial charge in [0.1, 0.15) is 5.82 Å². The summed E-state index contributed by atoms with van der Waals surface area (Å²) in [5.74, 6) is -2.75. The van der Waals surface area contributed by atoms with E-state index in [4.69, 9.17) is 12.2 Å². The standard InChI is InChI=1S/C17H18FN3O2S/c18-13-8-4-5-9-14(13)21-16(23)12(15(22)20-17(21)24)10-19-11-6-2-1-3-7-11/h4-5,8-12H,1-3,6-7H2,(H,20,22,24)/t12-/m1/s1. The van der Waals surface area contributed by atoms with E-state index in [0.29, 0.717) is 0 Å². The number of hydrogen-bond donors (Lipinski definition) is 1. The van der Waals surface area contributed by atoms with Crippen molar-refractivity contribution in [2.24, 2.45) is 10.9 Å². The van der Waals surface area contributed by atoms with Gasteiger partial charge in [-0.05, 0) is 37.2 Å². The van der Waals surface area contributed by atoms with Gasteiger partial charge in [0.05, 0.1) is 5.69 Å². The highest BCUT2D eigenvalue weighted by Gasteiger charge is 2.39. The molecule has 1 saturated heterocycles. The van der Waals surface area contributed by atoms with Gasteiger partial charge in [-0.2, -0.15) is 0 Å². The maximum atomic E-state index is 14.0. The van der Waals surface area contributed by atoms with Crippen LogP contribution >= 0.6 is 12.2 Å². The zero-order valence-electron chi connectivity index (χ0n) is 13.1. The highest BCUT2D eigenvalue weighted by Crippen LogP contribution is 2.24. The van der Waals surface area contributed by atoms with Crippen LogP contribution in [0.2, 0.25) is 0 Å². The van der Waals surface area contributed by atoms with Crippen molar-refractivity contribution in [2.75, 3.05) is 4.90 Å². The van der Waals surface area contributed by atoms with Gasteiger partial charge in [-0.15, -0.1) is 0 Å². The Bertz CT molecular complexity index is 701. The summed E-state index contributed by atoms with van der Waals surface area (Å²) in [6.07, 6.45) is 6.74. The minimum atomic E-state index is -1.08. The molecule has 1 atom stereocenters. The number of hydrogen-bond acceptors (Lipinski definition) is 4. The summed E-state index contributed by atoms with van der Waals surface area (Å²) in [5.41, 5.74) is 0.0311. The van der Waals surface area contributed by atoms with Crippen molar-refractivity contribution < 1.29 is 14.0 Å². The van der Waals surface area contributed by atoms with Gasteiger partial charge in [-0.25, -0.2) is 4.39 Å². The number of halogens is 1. The number of carbonyl (C=O) groups excluding carboxylic acids is 2. The van der Waals surface area contributed by atoms with Gasteiger partial charge in [-0.3, -0.25) is 19.5 Å². The lowest BCUT2D eigenvalue weighted by Crippen LogP contribution is -2.58. The molecule has 1 saturated carbocycles. The molecule has 2 fully saturated rings. The lowest BCUT2D eigenvalue weighted by atomic mass is 9.96. The molecular formula is C17H18FN3O2S. The molecule has 1 aliphatic carbocycles. The van der Waals surface area contributed by atoms with Crippen LogP contribution in [0.5, 0.6) is 0 Å². The Hall–Kier alpha value is -2.15. The third kappa shape index (κ3) is 3.36. The summed E-state index contributed by atoms with van der Waals surface area (Å²) in [7, 11) is 0. The first-order valence-corrected chi connectivity index (χ1v) is 8.45. The largest absolute Gasteiger partial charge is 0.301 e. The molecule has 1 aliphatic heterocycles. The van der Waals surface area contributed by atoms with Gasteiger partial charge in [0.2, 0.25) is 5.91 Å². The Morgan fingerprint density at radius 2 is 1.92 bits per heavy atom. The van der Waals surface area contributed by atoms with Crippen LogP contribution < -0.4 is 10.2 Å². The van der Waals surface area contributed by atoms with Crippen LogP contribution in [0, 0.1) is 11.7 Å². The topological polar surface area (TPSA) is 61.8 Å². The summed E-state index contributed by atoms with van der Waals surface area (Å²) in [6.45, 7) is 0. The molecule has 0 aromatic heterocycles. The number of thiocarbonyl (C=S) groups is 1. The van der Waals surface area contributed by atoms with Crippen LogP contribution in [0.3, 0.4) is 0 Å². The molecule has 1 heterocycles. The van der Waals surface area contributed by atoms with Crippen LogP contribution in [0.1, 0.15) is 32.1 Å². The summed E-state index contributed by atoms with van der Waals surface area (Å²) in [6, 6.07) is 5.97. The average molecular weight is 347 g/mol. The van der Waals surface area contributed by atoms with E-state index in [1.807, 2.05) is 0 Å². The van der Waals surface area contributed by atoms with E-state index in [9.17, 15) is 14.0 Å². The fourth-order valence-electron chi connectivity index (χ4n) is 3.02. The van der Waals surface area contributed by atoms with Gasteiger partial charge < -0.3 is 5.32 Å².